The third-order valence-corrected chi connectivity index (χ3v) is 3.56. The SMILES string of the molecule is CC(=O)C1=CC(NC(=O)c2ccccc2Cl)CC(C)(C)O1. The molecule has 2 rings (SSSR count). The first kappa shape index (κ1) is 15.6. The van der Waals surface area contributed by atoms with Gasteiger partial charge in [0.2, 0.25) is 0 Å². The van der Waals surface area contributed by atoms with Gasteiger partial charge in [0, 0.05) is 13.3 Å². The molecule has 1 amide bonds. The molecule has 1 aromatic carbocycles. The highest BCUT2D eigenvalue weighted by molar-refractivity contribution is 6.33. The van der Waals surface area contributed by atoms with Crippen LogP contribution < -0.4 is 5.32 Å². The van der Waals surface area contributed by atoms with Gasteiger partial charge in [0.1, 0.15) is 5.60 Å². The van der Waals surface area contributed by atoms with Crippen molar-refractivity contribution in [3.63, 3.8) is 0 Å². The second kappa shape index (κ2) is 5.90. The van der Waals surface area contributed by atoms with Crippen LogP contribution in [0.4, 0.5) is 0 Å². The summed E-state index contributed by atoms with van der Waals surface area (Å²) in [6, 6.07) is 6.59. The molecule has 1 unspecified atom stereocenters. The molecule has 0 fully saturated rings. The lowest BCUT2D eigenvalue weighted by molar-refractivity contribution is -0.120. The molecule has 21 heavy (non-hydrogen) atoms. The molecule has 1 aromatic rings. The Kier molecular flexibility index (Phi) is 4.37. The Labute approximate surface area is 129 Å². The molecule has 0 bridgehead atoms. The Morgan fingerprint density at radius 2 is 2.00 bits per heavy atom. The molecule has 0 aliphatic carbocycles. The molecule has 0 aromatic heterocycles. The maximum Gasteiger partial charge on any atom is 0.253 e. The number of nitrogens with one attached hydrogen (secondary N) is 1. The molecular formula is C16H18ClNO3. The number of hydrogen-bond donors (Lipinski definition) is 1. The molecule has 1 N–H and O–H groups in total. The molecule has 0 saturated heterocycles. The molecule has 1 aliphatic rings. The molecule has 112 valence electrons. The zero-order valence-corrected chi connectivity index (χ0v) is 13.0. The zero-order chi connectivity index (χ0) is 15.6. The standard InChI is InChI=1S/C16H18ClNO3/c1-10(19)14-8-11(9-16(2,3)21-14)18-15(20)12-6-4-5-7-13(12)17/h4-8,11H,9H2,1-3H3,(H,18,20). The highest BCUT2D eigenvalue weighted by atomic mass is 35.5. The molecular weight excluding hydrogens is 290 g/mol. The number of ketones is 1. The van der Waals surface area contributed by atoms with Crippen LogP contribution in [0.1, 0.15) is 37.6 Å². The molecule has 0 radical (unpaired) electrons. The normalized spacial score (nSPS) is 20.2. The minimum Gasteiger partial charge on any atom is -0.484 e. The highest BCUT2D eigenvalue weighted by Gasteiger charge is 2.32. The van der Waals surface area contributed by atoms with Crippen LogP contribution in [0, 0.1) is 0 Å². The van der Waals surface area contributed by atoms with Crippen LogP contribution in [0.15, 0.2) is 36.1 Å². The molecule has 1 atom stereocenters. The van der Waals surface area contributed by atoms with Crippen LogP contribution in [0.5, 0.6) is 0 Å². The van der Waals surface area contributed by atoms with Crippen molar-refractivity contribution in [1.82, 2.24) is 5.32 Å². The molecule has 4 nitrogen and oxygen atoms in total. The molecule has 1 heterocycles. The number of allylic oxidation sites excluding steroid dienone is 1. The van der Waals surface area contributed by atoms with E-state index in [-0.39, 0.29) is 23.5 Å². The van der Waals surface area contributed by atoms with Crippen LogP contribution in [0.25, 0.3) is 0 Å². The van der Waals surface area contributed by atoms with Crippen LogP contribution in [-0.4, -0.2) is 23.3 Å². The average Bonchev–Trinajstić information content (AvgIpc) is 2.37. The van der Waals surface area contributed by atoms with Crippen LogP contribution in [0.2, 0.25) is 5.02 Å². The minimum atomic E-state index is -0.506. The van der Waals surface area contributed by atoms with Gasteiger partial charge in [-0.3, -0.25) is 9.59 Å². The van der Waals surface area contributed by atoms with Gasteiger partial charge in [-0.2, -0.15) is 0 Å². The molecule has 5 heteroatoms. The van der Waals surface area contributed by atoms with E-state index in [0.29, 0.717) is 17.0 Å². The Hall–Kier alpha value is -1.81. The predicted octanol–water partition coefficient (Wildman–Crippen LogP) is 3.11. The number of halogens is 1. The second-order valence-electron chi connectivity index (χ2n) is 5.71. The number of Topliss-reactive ketones (excluding diaryl/α,β-unsaturated/α-hetero) is 1. The van der Waals surface area contributed by atoms with Crippen LogP contribution in [0.3, 0.4) is 0 Å². The van der Waals surface area contributed by atoms with Crippen molar-refractivity contribution in [2.24, 2.45) is 0 Å². The van der Waals surface area contributed by atoms with Gasteiger partial charge in [-0.15, -0.1) is 0 Å². The van der Waals surface area contributed by atoms with Gasteiger partial charge < -0.3 is 10.1 Å². The predicted molar refractivity (Wildman–Crippen MR) is 81.3 cm³/mol. The van der Waals surface area contributed by atoms with Crippen LogP contribution in [-0.2, 0) is 9.53 Å². The Bertz CT molecular complexity index is 607. The second-order valence-corrected chi connectivity index (χ2v) is 6.12. The van der Waals surface area contributed by atoms with Gasteiger partial charge >= 0.3 is 0 Å². The van der Waals surface area contributed by atoms with E-state index in [1.54, 1.807) is 30.3 Å². The topological polar surface area (TPSA) is 55.4 Å². The van der Waals surface area contributed by atoms with E-state index in [9.17, 15) is 9.59 Å². The van der Waals surface area contributed by atoms with Crippen molar-refractivity contribution in [2.75, 3.05) is 0 Å². The van der Waals surface area contributed by atoms with E-state index < -0.39 is 5.60 Å². The van der Waals surface area contributed by atoms with E-state index in [1.807, 2.05) is 13.8 Å². The number of carbonyl (C=O) groups is 2. The number of benzene rings is 1. The van der Waals surface area contributed by atoms with E-state index in [0.717, 1.165) is 0 Å². The van der Waals surface area contributed by atoms with Crippen molar-refractivity contribution >= 4 is 23.3 Å². The molecule has 0 saturated carbocycles. The summed E-state index contributed by atoms with van der Waals surface area (Å²) in [5, 5.41) is 3.28. The highest BCUT2D eigenvalue weighted by Crippen LogP contribution is 2.27. The molecule has 1 aliphatic heterocycles. The summed E-state index contributed by atoms with van der Waals surface area (Å²) in [7, 11) is 0. The van der Waals surface area contributed by atoms with Crippen molar-refractivity contribution < 1.29 is 14.3 Å². The lowest BCUT2D eigenvalue weighted by atomic mass is 9.94. The summed E-state index contributed by atoms with van der Waals surface area (Å²) in [6.07, 6.45) is 2.24. The Balaban J connectivity index is 2.19. The largest absolute Gasteiger partial charge is 0.484 e. The van der Waals surface area contributed by atoms with Gasteiger partial charge in [0.05, 0.1) is 16.6 Å². The van der Waals surface area contributed by atoms with Crippen molar-refractivity contribution in [1.29, 1.82) is 0 Å². The zero-order valence-electron chi connectivity index (χ0n) is 12.3. The average molecular weight is 308 g/mol. The summed E-state index contributed by atoms with van der Waals surface area (Å²) >= 11 is 6.02. The summed E-state index contributed by atoms with van der Waals surface area (Å²) in [6.45, 7) is 5.22. The Morgan fingerprint density at radius 1 is 1.33 bits per heavy atom. The van der Waals surface area contributed by atoms with Gasteiger partial charge in [-0.05, 0) is 32.1 Å². The van der Waals surface area contributed by atoms with Crippen molar-refractivity contribution in [3.05, 3.63) is 46.7 Å². The first-order valence-electron chi connectivity index (χ1n) is 6.76. The summed E-state index contributed by atoms with van der Waals surface area (Å²) in [5.41, 5.74) is -0.0880. The Morgan fingerprint density at radius 3 is 2.62 bits per heavy atom. The van der Waals surface area contributed by atoms with Gasteiger partial charge in [-0.25, -0.2) is 0 Å². The van der Waals surface area contributed by atoms with E-state index in [2.05, 4.69) is 5.32 Å². The maximum atomic E-state index is 12.3. The number of rotatable bonds is 3. The fraction of sp³-hybridized carbons (Fsp3) is 0.375. The summed E-state index contributed by atoms with van der Waals surface area (Å²) < 4.78 is 5.61. The third-order valence-electron chi connectivity index (χ3n) is 3.23. The first-order valence-corrected chi connectivity index (χ1v) is 7.13. The number of amides is 1. The van der Waals surface area contributed by atoms with Gasteiger partial charge in [-0.1, -0.05) is 23.7 Å². The first-order chi connectivity index (χ1) is 9.78. The smallest absolute Gasteiger partial charge is 0.253 e. The van der Waals surface area contributed by atoms with Gasteiger partial charge in [0.25, 0.3) is 5.91 Å². The molecule has 0 spiro atoms. The monoisotopic (exact) mass is 307 g/mol. The third kappa shape index (κ3) is 3.85. The summed E-state index contributed by atoms with van der Waals surface area (Å²) in [4.78, 5) is 23.8. The minimum absolute atomic E-state index is 0.153. The maximum absolute atomic E-state index is 12.3. The lowest BCUT2D eigenvalue weighted by Gasteiger charge is -2.35. The van der Waals surface area contributed by atoms with Crippen LogP contribution >= 0.6 is 11.6 Å². The van der Waals surface area contributed by atoms with Crippen molar-refractivity contribution in [3.8, 4) is 0 Å². The lowest BCUT2D eigenvalue weighted by Crippen LogP contribution is -2.44. The van der Waals surface area contributed by atoms with E-state index in [1.165, 1.54) is 6.92 Å². The van der Waals surface area contributed by atoms with Crippen molar-refractivity contribution in [2.45, 2.75) is 38.8 Å². The quantitative estimate of drug-likeness (QED) is 0.933. The summed E-state index contributed by atoms with van der Waals surface area (Å²) in [5.74, 6) is -0.127. The fourth-order valence-corrected chi connectivity index (χ4v) is 2.54. The number of hydrogen-bond acceptors (Lipinski definition) is 3. The number of ether oxygens (including phenoxy) is 1. The van der Waals surface area contributed by atoms with E-state index >= 15 is 0 Å². The van der Waals surface area contributed by atoms with Gasteiger partial charge in [0.15, 0.2) is 11.5 Å². The van der Waals surface area contributed by atoms with E-state index in [4.69, 9.17) is 16.3 Å². The fourth-order valence-electron chi connectivity index (χ4n) is 2.32. The number of carbonyl (C=O) groups excluding carboxylic acids is 2.